The first kappa shape index (κ1) is 15.7. The van der Waals surface area contributed by atoms with E-state index in [4.69, 9.17) is 28.2 Å². The Labute approximate surface area is 161 Å². The third-order valence-electron chi connectivity index (χ3n) is 5.04. The van der Waals surface area contributed by atoms with Crippen molar-refractivity contribution in [3.05, 3.63) is 82.3 Å². The van der Waals surface area contributed by atoms with Crippen molar-refractivity contribution >= 4 is 39.9 Å². The summed E-state index contributed by atoms with van der Waals surface area (Å²) in [5.74, 6) is 0.939. The maximum absolute atomic E-state index is 6.33. The van der Waals surface area contributed by atoms with Crippen molar-refractivity contribution in [1.29, 1.82) is 0 Å². The molecule has 1 atom stereocenters. The van der Waals surface area contributed by atoms with Crippen LogP contribution in [0.15, 0.2) is 66.7 Å². The van der Waals surface area contributed by atoms with Gasteiger partial charge in [-0.15, -0.1) is 0 Å². The lowest BCUT2D eigenvalue weighted by Gasteiger charge is -2.40. The molecule has 0 bridgehead atoms. The summed E-state index contributed by atoms with van der Waals surface area (Å²) in [6, 6.07) is 22.2. The Bertz CT molecular complexity index is 1170. The molecule has 0 fully saturated rings. The van der Waals surface area contributed by atoms with E-state index in [2.05, 4.69) is 35.0 Å². The highest BCUT2D eigenvalue weighted by atomic mass is 35.5. The number of fused-ring (bicyclic) bond motifs is 5. The molecule has 1 N–H and O–H groups in total. The fourth-order valence-electron chi connectivity index (χ4n) is 3.76. The molecule has 3 aromatic carbocycles. The van der Waals surface area contributed by atoms with Crippen molar-refractivity contribution in [2.45, 2.75) is 12.6 Å². The first-order valence-electron chi connectivity index (χ1n) is 8.39. The molecule has 3 nitrogen and oxygen atoms in total. The molecule has 0 saturated carbocycles. The molecule has 0 spiro atoms. The van der Waals surface area contributed by atoms with Crippen LogP contribution in [0, 0.1) is 0 Å². The fraction of sp³-hybridized carbons (Fsp3) is 0.0952. The lowest BCUT2D eigenvalue weighted by atomic mass is 9.96. The van der Waals surface area contributed by atoms with E-state index < -0.39 is 5.66 Å². The molecule has 0 radical (unpaired) electrons. The molecule has 4 aromatic rings. The summed E-state index contributed by atoms with van der Waals surface area (Å²) in [5, 5.41) is 4.78. The second-order valence-corrected chi connectivity index (χ2v) is 7.45. The van der Waals surface area contributed by atoms with E-state index in [-0.39, 0.29) is 0 Å². The fourth-order valence-corrected chi connectivity index (χ4v) is 4.06. The summed E-state index contributed by atoms with van der Waals surface area (Å²) in [4.78, 5) is 4.92. The van der Waals surface area contributed by atoms with Gasteiger partial charge in [0.05, 0.1) is 21.1 Å². The van der Waals surface area contributed by atoms with Crippen LogP contribution in [-0.2, 0) is 5.66 Å². The molecule has 0 amide bonds. The summed E-state index contributed by atoms with van der Waals surface area (Å²) in [7, 11) is 0. The van der Waals surface area contributed by atoms with E-state index >= 15 is 0 Å². The van der Waals surface area contributed by atoms with Gasteiger partial charge in [0, 0.05) is 11.3 Å². The van der Waals surface area contributed by atoms with Gasteiger partial charge in [-0.25, -0.2) is 4.98 Å². The Kier molecular flexibility index (Phi) is 3.33. The Balaban J connectivity index is 1.87. The highest BCUT2D eigenvalue weighted by Crippen LogP contribution is 2.44. The van der Waals surface area contributed by atoms with E-state index in [1.165, 1.54) is 0 Å². The highest BCUT2D eigenvalue weighted by Gasteiger charge is 2.38. The first-order chi connectivity index (χ1) is 12.6. The van der Waals surface area contributed by atoms with Crippen molar-refractivity contribution in [2.24, 2.45) is 0 Å². The monoisotopic (exact) mass is 379 g/mol. The quantitative estimate of drug-likeness (QED) is 0.429. The number of anilines is 1. The number of para-hydroxylation sites is 3. The maximum Gasteiger partial charge on any atom is 0.145 e. The van der Waals surface area contributed by atoms with Crippen LogP contribution in [0.2, 0.25) is 10.0 Å². The van der Waals surface area contributed by atoms with Gasteiger partial charge in [0.1, 0.15) is 11.5 Å². The van der Waals surface area contributed by atoms with Crippen molar-refractivity contribution in [3.63, 3.8) is 0 Å². The molecule has 1 aromatic heterocycles. The Morgan fingerprint density at radius 1 is 0.923 bits per heavy atom. The third kappa shape index (κ3) is 2.11. The second-order valence-electron chi connectivity index (χ2n) is 6.63. The molecule has 0 saturated heterocycles. The van der Waals surface area contributed by atoms with Crippen LogP contribution in [0.3, 0.4) is 0 Å². The SMILES string of the molecule is C[C@]1(c2ccc(Cl)c(Cl)c2)Nc2ccccc2-c2nc3ccccc3n21. The number of nitrogens with zero attached hydrogens (tertiary/aromatic N) is 2. The Morgan fingerprint density at radius 3 is 2.54 bits per heavy atom. The number of aromatic nitrogens is 2. The smallest absolute Gasteiger partial charge is 0.145 e. The zero-order valence-corrected chi connectivity index (χ0v) is 15.5. The number of benzene rings is 3. The van der Waals surface area contributed by atoms with Gasteiger partial charge in [-0.1, -0.05) is 53.5 Å². The summed E-state index contributed by atoms with van der Waals surface area (Å²) in [5.41, 5.74) is 4.63. The van der Waals surface area contributed by atoms with Gasteiger partial charge >= 0.3 is 0 Å². The normalized spacial score (nSPS) is 18.3. The van der Waals surface area contributed by atoms with Crippen LogP contribution in [-0.4, -0.2) is 9.55 Å². The molecular weight excluding hydrogens is 365 g/mol. The van der Waals surface area contributed by atoms with Crippen LogP contribution < -0.4 is 5.32 Å². The van der Waals surface area contributed by atoms with Gasteiger partial charge in [-0.05, 0) is 48.9 Å². The minimum atomic E-state index is -0.548. The van der Waals surface area contributed by atoms with E-state index in [9.17, 15) is 0 Å². The van der Waals surface area contributed by atoms with Crippen molar-refractivity contribution in [1.82, 2.24) is 9.55 Å². The number of imidazole rings is 1. The summed E-state index contributed by atoms with van der Waals surface area (Å²) in [6.45, 7) is 2.14. The first-order valence-corrected chi connectivity index (χ1v) is 9.14. The third-order valence-corrected chi connectivity index (χ3v) is 5.77. The largest absolute Gasteiger partial charge is 0.358 e. The molecule has 1 aliphatic heterocycles. The van der Waals surface area contributed by atoms with Gasteiger partial charge < -0.3 is 5.32 Å². The van der Waals surface area contributed by atoms with Crippen LogP contribution in [0.25, 0.3) is 22.4 Å². The van der Waals surface area contributed by atoms with E-state index in [0.717, 1.165) is 33.7 Å². The van der Waals surface area contributed by atoms with Crippen molar-refractivity contribution in [3.8, 4) is 11.4 Å². The zero-order valence-electron chi connectivity index (χ0n) is 14.0. The summed E-state index contributed by atoms with van der Waals surface area (Å²) >= 11 is 12.5. The molecule has 0 unspecified atom stereocenters. The Morgan fingerprint density at radius 2 is 1.69 bits per heavy atom. The average molecular weight is 380 g/mol. The maximum atomic E-state index is 6.33. The van der Waals surface area contributed by atoms with Gasteiger partial charge in [-0.3, -0.25) is 4.57 Å². The molecular formula is C21H15Cl2N3. The van der Waals surface area contributed by atoms with Gasteiger partial charge in [-0.2, -0.15) is 0 Å². The number of rotatable bonds is 1. The van der Waals surface area contributed by atoms with E-state index in [0.29, 0.717) is 10.0 Å². The molecule has 128 valence electrons. The Hall–Kier alpha value is -2.49. The molecule has 26 heavy (non-hydrogen) atoms. The van der Waals surface area contributed by atoms with Gasteiger partial charge in [0.2, 0.25) is 0 Å². The predicted octanol–water partition coefficient (Wildman–Crippen LogP) is 6.16. The van der Waals surface area contributed by atoms with E-state index in [1.807, 2.05) is 48.5 Å². The predicted molar refractivity (Wildman–Crippen MR) is 108 cm³/mol. The van der Waals surface area contributed by atoms with Crippen molar-refractivity contribution in [2.75, 3.05) is 5.32 Å². The second kappa shape index (κ2) is 5.50. The van der Waals surface area contributed by atoms with Crippen LogP contribution in [0.4, 0.5) is 5.69 Å². The number of nitrogens with one attached hydrogen (secondary N) is 1. The molecule has 1 aliphatic rings. The number of hydrogen-bond acceptors (Lipinski definition) is 2. The average Bonchev–Trinajstić information content (AvgIpc) is 3.05. The lowest BCUT2D eigenvalue weighted by Crippen LogP contribution is -2.42. The molecule has 0 aliphatic carbocycles. The molecule has 2 heterocycles. The summed E-state index contributed by atoms with van der Waals surface area (Å²) in [6.07, 6.45) is 0. The van der Waals surface area contributed by atoms with Crippen LogP contribution in [0.5, 0.6) is 0 Å². The molecule has 5 rings (SSSR count). The topological polar surface area (TPSA) is 29.9 Å². The van der Waals surface area contributed by atoms with Crippen molar-refractivity contribution < 1.29 is 0 Å². The lowest BCUT2D eigenvalue weighted by molar-refractivity contribution is 0.463. The zero-order chi connectivity index (χ0) is 17.9. The number of hydrogen-bond donors (Lipinski definition) is 1. The molecule has 5 heteroatoms. The van der Waals surface area contributed by atoms with Crippen LogP contribution in [0.1, 0.15) is 12.5 Å². The summed E-state index contributed by atoms with van der Waals surface area (Å²) < 4.78 is 2.24. The highest BCUT2D eigenvalue weighted by molar-refractivity contribution is 6.42. The number of halogens is 2. The van der Waals surface area contributed by atoms with Gasteiger partial charge in [0.15, 0.2) is 0 Å². The minimum Gasteiger partial charge on any atom is -0.358 e. The van der Waals surface area contributed by atoms with Gasteiger partial charge in [0.25, 0.3) is 0 Å². The van der Waals surface area contributed by atoms with E-state index in [1.54, 1.807) is 0 Å². The standard InChI is InChI=1S/C21H15Cl2N3/c1-21(13-10-11-15(22)16(23)12-13)25-17-7-3-2-6-14(17)20-24-18-8-4-5-9-19(18)26(20)21/h2-12,25H,1H3/t21-/m0/s1. The van der Waals surface area contributed by atoms with Crippen LogP contribution >= 0.6 is 23.2 Å². The minimum absolute atomic E-state index is 0.539.